The van der Waals surface area contributed by atoms with Crippen molar-refractivity contribution in [3.63, 3.8) is 0 Å². The topological polar surface area (TPSA) is 53.5 Å². The van der Waals surface area contributed by atoms with Gasteiger partial charge in [0.05, 0.1) is 11.1 Å². The Labute approximate surface area is 254 Å². The molecule has 0 saturated carbocycles. The minimum atomic E-state index is -0.902. The molecule has 0 aliphatic carbocycles. The van der Waals surface area contributed by atoms with E-state index in [0.29, 0.717) is 53.8 Å². The second-order valence-electron chi connectivity index (χ2n) is 13.3. The fourth-order valence-corrected chi connectivity index (χ4v) is 8.33. The van der Waals surface area contributed by atoms with Crippen LogP contribution in [-0.2, 0) is 0 Å². The molecule has 5 heterocycles. The van der Waals surface area contributed by atoms with E-state index in [-0.39, 0.29) is 35.3 Å². The number of piperazine rings is 1. The summed E-state index contributed by atoms with van der Waals surface area (Å²) in [7, 11) is 0. The first-order chi connectivity index (χ1) is 21.3. The van der Waals surface area contributed by atoms with Crippen molar-refractivity contribution < 1.29 is 17.9 Å². The first-order valence-corrected chi connectivity index (χ1v) is 15.5. The summed E-state index contributed by atoms with van der Waals surface area (Å²) in [5.41, 5.74) is 0.172. The van der Waals surface area contributed by atoms with Crippen molar-refractivity contribution in [2.45, 2.75) is 62.3 Å². The molecule has 9 heteroatoms. The number of hydrogen-bond acceptors (Lipinski definition) is 6. The zero-order valence-corrected chi connectivity index (χ0v) is 24.7. The molecule has 226 valence electrons. The third kappa shape index (κ3) is 4.33. The minimum absolute atomic E-state index is 0.0109. The Morgan fingerprint density at radius 1 is 1.14 bits per heavy atom. The number of nitrogens with one attached hydrogen (secondary N) is 1. The molecule has 1 N–H and O–H groups in total. The van der Waals surface area contributed by atoms with Crippen LogP contribution in [0.2, 0.25) is 0 Å². The van der Waals surface area contributed by atoms with Crippen molar-refractivity contribution in [2.75, 3.05) is 37.7 Å². The average molecular weight is 598 g/mol. The van der Waals surface area contributed by atoms with Gasteiger partial charge >= 0.3 is 6.01 Å². The summed E-state index contributed by atoms with van der Waals surface area (Å²) in [6.45, 7) is 4.90. The first kappa shape index (κ1) is 27.7. The van der Waals surface area contributed by atoms with Gasteiger partial charge in [-0.3, -0.25) is 4.90 Å². The molecule has 0 amide bonds. The van der Waals surface area contributed by atoms with Crippen LogP contribution in [0.25, 0.3) is 32.8 Å². The summed E-state index contributed by atoms with van der Waals surface area (Å²) in [5.74, 6) is 1.62. The summed E-state index contributed by atoms with van der Waals surface area (Å²) < 4.78 is 53.8. The SMILES string of the molecule is C#Cc1cccc2cccc(-c3c(F)cc4c(N5C[C@H]6CC[C@@](C)(C5)N6)nc(OC[C@@]56CCCN5C[C@H](F)C6)nc4c3F)c12. The lowest BCUT2D eigenvalue weighted by Gasteiger charge is -2.40. The third-order valence-corrected chi connectivity index (χ3v) is 10.3. The van der Waals surface area contributed by atoms with E-state index in [2.05, 4.69) is 32.9 Å². The number of rotatable bonds is 5. The second kappa shape index (κ2) is 10.1. The van der Waals surface area contributed by atoms with Crippen LogP contribution in [0.15, 0.2) is 42.5 Å². The predicted molar refractivity (Wildman–Crippen MR) is 166 cm³/mol. The molecule has 44 heavy (non-hydrogen) atoms. The number of alkyl halides is 1. The van der Waals surface area contributed by atoms with Gasteiger partial charge in [0, 0.05) is 54.0 Å². The second-order valence-corrected chi connectivity index (χ2v) is 13.3. The highest BCUT2D eigenvalue weighted by Crippen LogP contribution is 2.43. The Kier molecular flexibility index (Phi) is 6.34. The fourth-order valence-electron chi connectivity index (χ4n) is 8.33. The quantitative estimate of drug-likeness (QED) is 0.285. The van der Waals surface area contributed by atoms with E-state index >= 15 is 8.78 Å². The van der Waals surface area contributed by atoms with E-state index < -0.39 is 23.3 Å². The van der Waals surface area contributed by atoms with Gasteiger partial charge in [0.1, 0.15) is 29.9 Å². The highest BCUT2D eigenvalue weighted by atomic mass is 19.1. The first-order valence-electron chi connectivity index (χ1n) is 15.5. The Hall–Kier alpha value is -3.87. The Bertz CT molecular complexity index is 1850. The molecule has 4 fully saturated rings. The molecule has 0 spiro atoms. The molecule has 4 aliphatic heterocycles. The molecule has 4 aromatic rings. The van der Waals surface area contributed by atoms with Crippen molar-refractivity contribution in [3.8, 4) is 29.5 Å². The highest BCUT2D eigenvalue weighted by Gasteiger charge is 2.49. The zero-order chi connectivity index (χ0) is 30.2. The average Bonchev–Trinajstić information content (AvgIpc) is 3.63. The van der Waals surface area contributed by atoms with E-state index in [9.17, 15) is 4.39 Å². The van der Waals surface area contributed by atoms with E-state index in [0.717, 1.165) is 37.6 Å². The van der Waals surface area contributed by atoms with Crippen LogP contribution in [0.1, 0.15) is 44.6 Å². The van der Waals surface area contributed by atoms with Crippen LogP contribution in [-0.4, -0.2) is 70.9 Å². The number of terminal acetylenes is 1. The van der Waals surface area contributed by atoms with Gasteiger partial charge in [-0.15, -0.1) is 6.42 Å². The van der Waals surface area contributed by atoms with E-state index in [1.54, 1.807) is 18.2 Å². The standard InChI is InChI=1S/C35H34F3N5O/c1-3-21-7-4-8-22-9-5-10-25(28(21)22)29-27(37)15-26-31(30(29)38)39-33(44-20-35-12-6-14-43(35)17-23(36)16-35)40-32(26)42-18-24-11-13-34(2,19-42)41-24/h1,4-5,7-10,15,23-24,41H,6,11-14,16-20H2,2H3/t23-,24-,34+,35+/m1/s1. The fraction of sp³-hybridized carbons (Fsp3) is 0.429. The molecule has 6 nitrogen and oxygen atoms in total. The monoisotopic (exact) mass is 597 g/mol. The van der Waals surface area contributed by atoms with Crippen LogP contribution in [0.5, 0.6) is 6.01 Å². The van der Waals surface area contributed by atoms with Crippen molar-refractivity contribution in [1.82, 2.24) is 20.2 Å². The van der Waals surface area contributed by atoms with Crippen LogP contribution in [0.4, 0.5) is 19.0 Å². The highest BCUT2D eigenvalue weighted by molar-refractivity contribution is 6.03. The molecule has 2 bridgehead atoms. The van der Waals surface area contributed by atoms with Crippen LogP contribution < -0.4 is 15.0 Å². The summed E-state index contributed by atoms with van der Waals surface area (Å²) in [4.78, 5) is 13.6. The molecule has 3 aromatic carbocycles. The van der Waals surface area contributed by atoms with Crippen molar-refractivity contribution in [3.05, 3.63) is 59.7 Å². The molecule has 4 atom stereocenters. The number of fused-ring (bicyclic) bond motifs is 5. The van der Waals surface area contributed by atoms with Gasteiger partial charge in [-0.2, -0.15) is 9.97 Å². The maximum absolute atomic E-state index is 16.8. The normalized spacial score (nSPS) is 28.1. The molecular weight excluding hydrogens is 563 g/mol. The van der Waals surface area contributed by atoms with Gasteiger partial charge in [-0.25, -0.2) is 13.2 Å². The molecule has 4 aliphatic rings. The van der Waals surface area contributed by atoms with Crippen LogP contribution in [0, 0.1) is 24.0 Å². The van der Waals surface area contributed by atoms with Gasteiger partial charge in [0.15, 0.2) is 5.82 Å². The van der Waals surface area contributed by atoms with E-state index in [1.165, 1.54) is 6.07 Å². The Balaban J connectivity index is 1.29. The summed E-state index contributed by atoms with van der Waals surface area (Å²) in [6.07, 6.45) is 9.13. The Morgan fingerprint density at radius 2 is 1.98 bits per heavy atom. The van der Waals surface area contributed by atoms with Gasteiger partial charge in [0.25, 0.3) is 0 Å². The van der Waals surface area contributed by atoms with Gasteiger partial charge < -0.3 is 15.0 Å². The molecule has 1 aromatic heterocycles. The zero-order valence-electron chi connectivity index (χ0n) is 24.7. The molecular formula is C35H34F3N5O. The van der Waals surface area contributed by atoms with Crippen LogP contribution in [0.3, 0.4) is 0 Å². The van der Waals surface area contributed by atoms with Gasteiger partial charge in [0.2, 0.25) is 0 Å². The van der Waals surface area contributed by atoms with Crippen molar-refractivity contribution in [1.29, 1.82) is 0 Å². The number of anilines is 1. The van der Waals surface area contributed by atoms with E-state index in [4.69, 9.17) is 16.1 Å². The predicted octanol–water partition coefficient (Wildman–Crippen LogP) is 6.00. The molecule has 0 radical (unpaired) electrons. The van der Waals surface area contributed by atoms with Crippen molar-refractivity contribution in [2.24, 2.45) is 0 Å². The molecule has 0 unspecified atom stereocenters. The lowest BCUT2D eigenvalue weighted by Crippen LogP contribution is -2.58. The number of nitrogens with zero attached hydrogens (tertiary/aromatic N) is 4. The van der Waals surface area contributed by atoms with Gasteiger partial charge in [-0.1, -0.05) is 36.3 Å². The summed E-state index contributed by atoms with van der Waals surface area (Å²) in [5, 5.41) is 5.37. The number of aromatic nitrogens is 2. The smallest absolute Gasteiger partial charge is 0.319 e. The largest absolute Gasteiger partial charge is 0.461 e. The summed E-state index contributed by atoms with van der Waals surface area (Å²) in [6, 6.07) is 12.4. The van der Waals surface area contributed by atoms with Crippen LogP contribution >= 0.6 is 0 Å². The lowest BCUT2D eigenvalue weighted by atomic mass is 9.93. The van der Waals surface area contributed by atoms with Crippen molar-refractivity contribution >= 4 is 27.5 Å². The maximum Gasteiger partial charge on any atom is 0.319 e. The third-order valence-electron chi connectivity index (χ3n) is 10.3. The van der Waals surface area contributed by atoms with E-state index in [1.807, 2.05) is 18.2 Å². The molecule has 8 rings (SSSR count). The number of halogens is 3. The Morgan fingerprint density at radius 3 is 2.80 bits per heavy atom. The summed E-state index contributed by atoms with van der Waals surface area (Å²) >= 11 is 0. The molecule has 4 saturated heterocycles. The number of benzene rings is 3. The number of ether oxygens (including phenoxy) is 1. The van der Waals surface area contributed by atoms with Gasteiger partial charge in [-0.05, 0) is 62.2 Å². The maximum atomic E-state index is 16.8. The minimum Gasteiger partial charge on any atom is -0.461 e. The lowest BCUT2D eigenvalue weighted by molar-refractivity contribution is 0.107. The number of hydrogen-bond donors (Lipinski definition) is 1.